The van der Waals surface area contributed by atoms with Gasteiger partial charge in [0.15, 0.2) is 8.32 Å². The molecule has 0 amide bonds. The Morgan fingerprint density at radius 3 is 1.94 bits per heavy atom. The van der Waals surface area contributed by atoms with Crippen molar-refractivity contribution in [2.24, 2.45) is 0 Å². The maximum atomic E-state index is 13.2. The van der Waals surface area contributed by atoms with Crippen molar-refractivity contribution in [1.82, 2.24) is 0 Å². The first-order valence-corrected chi connectivity index (χ1v) is 20.9. The van der Waals surface area contributed by atoms with Crippen LogP contribution in [0.2, 0.25) is 58.4 Å². The molecule has 0 N–H and O–H groups in total. The highest BCUT2D eigenvalue weighted by atomic mass is 28.4. The summed E-state index contributed by atoms with van der Waals surface area (Å²) in [7, 11) is -4.15. The van der Waals surface area contributed by atoms with Crippen molar-refractivity contribution < 1.29 is 22.9 Å². The second-order valence-corrected chi connectivity index (χ2v) is 23.7. The maximum Gasteiger partial charge on any atom is 0.316 e. The molecule has 9 heteroatoms. The Balaban J connectivity index is 3.21. The molecule has 1 atom stereocenters. The van der Waals surface area contributed by atoms with Crippen LogP contribution in [-0.4, -0.2) is 56.6 Å². The van der Waals surface area contributed by atoms with Gasteiger partial charge in [0.2, 0.25) is 16.6 Å². The summed E-state index contributed by atoms with van der Waals surface area (Å²) in [5, 5.41) is 0. The van der Waals surface area contributed by atoms with E-state index < -0.39 is 31.0 Å². The zero-order valence-corrected chi connectivity index (χ0v) is 23.8. The van der Waals surface area contributed by atoms with Gasteiger partial charge in [-0.3, -0.25) is 9.59 Å². The summed E-state index contributed by atoms with van der Waals surface area (Å²) in [5.74, 6) is -0.692. The van der Waals surface area contributed by atoms with E-state index in [0.29, 0.717) is 6.54 Å². The van der Waals surface area contributed by atoms with E-state index in [-0.39, 0.29) is 18.4 Å². The van der Waals surface area contributed by atoms with E-state index in [1.807, 2.05) is 74.5 Å². The fraction of sp³-hybridized carbons (Fsp3) is 0.636. The number of hydrogen-bond acceptors (Lipinski definition) is 6. The smallest absolute Gasteiger partial charge is 0.316 e. The van der Waals surface area contributed by atoms with Crippen LogP contribution < -0.4 is 4.90 Å². The molecule has 176 valence electrons. The first-order valence-electron chi connectivity index (χ1n) is 10.9. The third-order valence-corrected chi connectivity index (χ3v) is 8.97. The molecular weight excluding hydrogens is 443 g/mol. The molecule has 0 saturated carbocycles. The predicted molar refractivity (Wildman–Crippen MR) is 135 cm³/mol. The molecule has 6 nitrogen and oxygen atoms in total. The molecule has 0 fully saturated rings. The third-order valence-electron chi connectivity index (χ3n) is 4.65. The lowest BCUT2D eigenvalue weighted by molar-refractivity contribution is -0.143. The Labute approximate surface area is 191 Å². The van der Waals surface area contributed by atoms with Crippen molar-refractivity contribution in [3.8, 4) is 0 Å². The van der Waals surface area contributed by atoms with Crippen LogP contribution in [0.5, 0.6) is 0 Å². The van der Waals surface area contributed by atoms with Crippen molar-refractivity contribution >= 4 is 42.6 Å². The SMILES string of the molecule is CO[Si](C)(C)CCCN(c1ccccc1)C(CC(=O)O[Si](C)(C)C)C(=O)O[Si](C)(C)C. The van der Waals surface area contributed by atoms with Gasteiger partial charge in [0.1, 0.15) is 6.04 Å². The molecule has 0 aliphatic heterocycles. The highest BCUT2D eigenvalue weighted by Crippen LogP contribution is 2.24. The minimum Gasteiger partial charge on any atom is -0.520 e. The topological polar surface area (TPSA) is 65.1 Å². The third kappa shape index (κ3) is 11.1. The average Bonchev–Trinajstić information content (AvgIpc) is 2.61. The molecule has 0 saturated heterocycles. The van der Waals surface area contributed by atoms with Gasteiger partial charge in [0, 0.05) is 19.3 Å². The minimum absolute atomic E-state index is 0.0203. The van der Waals surface area contributed by atoms with E-state index in [1.54, 1.807) is 7.11 Å². The summed E-state index contributed by atoms with van der Waals surface area (Å²) in [6.07, 6.45) is 0.843. The lowest BCUT2D eigenvalue weighted by atomic mass is 10.1. The minimum atomic E-state index is -2.13. The van der Waals surface area contributed by atoms with E-state index in [4.69, 9.17) is 13.3 Å². The van der Waals surface area contributed by atoms with E-state index in [9.17, 15) is 9.59 Å². The Morgan fingerprint density at radius 1 is 0.903 bits per heavy atom. The summed E-state index contributed by atoms with van der Waals surface area (Å²) in [5.41, 5.74) is 0.901. The number of para-hydroxylation sites is 1. The molecule has 0 radical (unpaired) electrons. The first kappa shape index (κ1) is 27.6. The zero-order chi connectivity index (χ0) is 23.9. The van der Waals surface area contributed by atoms with Gasteiger partial charge in [-0.25, -0.2) is 0 Å². The summed E-state index contributed by atoms with van der Waals surface area (Å²) in [4.78, 5) is 28.0. The highest BCUT2D eigenvalue weighted by molar-refractivity contribution is 6.72. The average molecular weight is 484 g/mol. The first-order chi connectivity index (χ1) is 14.1. The standard InChI is InChI=1S/C22H41NO5Si3/c1-26-31(8,9)17-13-16-23(19-14-11-10-12-15-19)20(22(25)28-30(5,6)7)18-21(24)27-29(2,3)4/h10-12,14-15,20H,13,16-18H2,1-9H3. The van der Waals surface area contributed by atoms with Gasteiger partial charge in [-0.15, -0.1) is 0 Å². The van der Waals surface area contributed by atoms with Crippen molar-refractivity contribution in [2.45, 2.75) is 77.3 Å². The highest BCUT2D eigenvalue weighted by Gasteiger charge is 2.35. The lowest BCUT2D eigenvalue weighted by Crippen LogP contribution is -2.48. The number of carbonyl (C=O) groups excluding carboxylic acids is 2. The molecule has 0 aliphatic rings. The molecule has 0 bridgehead atoms. The van der Waals surface area contributed by atoms with E-state index >= 15 is 0 Å². The monoisotopic (exact) mass is 483 g/mol. The van der Waals surface area contributed by atoms with Crippen LogP contribution in [0.4, 0.5) is 5.69 Å². The Hall–Kier alpha value is -1.43. The molecule has 1 unspecified atom stereocenters. The number of benzene rings is 1. The van der Waals surface area contributed by atoms with Crippen LogP contribution in [0.1, 0.15) is 12.8 Å². The number of anilines is 1. The molecule has 0 aliphatic carbocycles. The van der Waals surface area contributed by atoms with Gasteiger partial charge < -0.3 is 18.2 Å². The van der Waals surface area contributed by atoms with Crippen molar-refractivity contribution in [3.05, 3.63) is 30.3 Å². The number of rotatable bonds is 12. The zero-order valence-electron chi connectivity index (χ0n) is 20.8. The Bertz CT molecular complexity index is 714. The van der Waals surface area contributed by atoms with Gasteiger partial charge in [0.05, 0.1) is 6.42 Å². The summed E-state index contributed by atoms with van der Waals surface area (Å²) in [6, 6.07) is 10.0. The van der Waals surface area contributed by atoms with Crippen molar-refractivity contribution in [1.29, 1.82) is 0 Å². The van der Waals surface area contributed by atoms with E-state index in [1.165, 1.54) is 0 Å². The fourth-order valence-electron chi connectivity index (χ4n) is 3.09. The summed E-state index contributed by atoms with van der Waals surface area (Å²) >= 11 is 0. The van der Waals surface area contributed by atoms with Crippen molar-refractivity contribution in [3.63, 3.8) is 0 Å². The molecular formula is C22H41NO5Si3. The van der Waals surface area contributed by atoms with Crippen LogP contribution in [0.25, 0.3) is 0 Å². The van der Waals surface area contributed by atoms with Gasteiger partial charge >= 0.3 is 5.97 Å². The van der Waals surface area contributed by atoms with E-state index in [0.717, 1.165) is 18.2 Å². The van der Waals surface area contributed by atoms with Gasteiger partial charge in [-0.2, -0.15) is 0 Å². The number of hydrogen-bond donors (Lipinski definition) is 0. The molecule has 0 spiro atoms. The lowest BCUT2D eigenvalue weighted by Gasteiger charge is -2.34. The van der Waals surface area contributed by atoms with E-state index in [2.05, 4.69) is 13.1 Å². The van der Waals surface area contributed by atoms with Gasteiger partial charge in [0.25, 0.3) is 5.97 Å². The summed E-state index contributed by atoms with van der Waals surface area (Å²) in [6.45, 7) is 16.8. The van der Waals surface area contributed by atoms with Crippen molar-refractivity contribution in [2.75, 3.05) is 18.6 Å². The molecule has 0 heterocycles. The predicted octanol–water partition coefficient (Wildman–Crippen LogP) is 5.25. The molecule has 1 aromatic carbocycles. The summed E-state index contributed by atoms with van der Waals surface area (Å²) < 4.78 is 17.2. The largest absolute Gasteiger partial charge is 0.520 e. The molecule has 0 aromatic heterocycles. The van der Waals surface area contributed by atoms with Crippen LogP contribution >= 0.6 is 0 Å². The van der Waals surface area contributed by atoms with Crippen LogP contribution in [-0.2, 0) is 22.9 Å². The quantitative estimate of drug-likeness (QED) is 0.378. The molecule has 31 heavy (non-hydrogen) atoms. The molecule has 1 rings (SSSR count). The number of nitrogens with zero attached hydrogens (tertiary/aromatic N) is 1. The fourth-order valence-corrected chi connectivity index (χ4v) is 5.81. The maximum absolute atomic E-state index is 13.2. The van der Waals surface area contributed by atoms with Gasteiger partial charge in [-0.1, -0.05) is 18.2 Å². The second kappa shape index (κ2) is 11.4. The second-order valence-electron chi connectivity index (χ2n) is 10.4. The Kier molecular flexibility index (Phi) is 10.2. The van der Waals surface area contributed by atoms with Crippen LogP contribution in [0, 0.1) is 0 Å². The van der Waals surface area contributed by atoms with Gasteiger partial charge in [-0.05, 0) is 77.0 Å². The number of carbonyl (C=O) groups is 2. The Morgan fingerprint density at radius 2 is 1.45 bits per heavy atom. The molecule has 1 aromatic rings. The van der Waals surface area contributed by atoms with Crippen LogP contribution in [0.3, 0.4) is 0 Å². The normalized spacial score (nSPS) is 13.5. The van der Waals surface area contributed by atoms with Crippen LogP contribution in [0.15, 0.2) is 30.3 Å².